The Morgan fingerprint density at radius 1 is 1.21 bits per heavy atom. The molecule has 102 valence electrons. The zero-order chi connectivity index (χ0) is 13.5. The standard InChI is InChI=1S/C15H21N3S/c1-3-10-18(11-9-16-2)15-17-14(12-19-15)13-7-5-4-6-8-13/h4-8,12,16H,3,9-11H2,1-2H3. The zero-order valence-electron chi connectivity index (χ0n) is 11.6. The molecule has 4 heteroatoms. The van der Waals surface area contributed by atoms with Crippen LogP contribution in [0.2, 0.25) is 0 Å². The predicted molar refractivity (Wildman–Crippen MR) is 84.0 cm³/mol. The van der Waals surface area contributed by atoms with E-state index in [0.717, 1.165) is 36.9 Å². The van der Waals surface area contributed by atoms with Crippen LogP contribution in [0.5, 0.6) is 0 Å². The van der Waals surface area contributed by atoms with Gasteiger partial charge in [-0.3, -0.25) is 0 Å². The minimum Gasteiger partial charge on any atom is -0.347 e. The number of anilines is 1. The van der Waals surface area contributed by atoms with Crippen molar-refractivity contribution in [1.82, 2.24) is 10.3 Å². The average molecular weight is 275 g/mol. The summed E-state index contributed by atoms with van der Waals surface area (Å²) >= 11 is 1.73. The lowest BCUT2D eigenvalue weighted by atomic mass is 10.2. The van der Waals surface area contributed by atoms with Crippen LogP contribution >= 0.6 is 11.3 Å². The lowest BCUT2D eigenvalue weighted by Crippen LogP contribution is -2.31. The minimum absolute atomic E-state index is 0.986. The molecule has 1 aromatic carbocycles. The third-order valence-electron chi connectivity index (χ3n) is 2.96. The van der Waals surface area contributed by atoms with E-state index in [2.05, 4.69) is 46.8 Å². The molecule has 19 heavy (non-hydrogen) atoms. The topological polar surface area (TPSA) is 28.2 Å². The van der Waals surface area contributed by atoms with Gasteiger partial charge >= 0.3 is 0 Å². The molecule has 1 N–H and O–H groups in total. The van der Waals surface area contributed by atoms with E-state index in [1.165, 1.54) is 5.56 Å². The summed E-state index contributed by atoms with van der Waals surface area (Å²) in [5.74, 6) is 0. The largest absolute Gasteiger partial charge is 0.347 e. The molecular weight excluding hydrogens is 254 g/mol. The Bertz CT molecular complexity index is 481. The number of hydrogen-bond donors (Lipinski definition) is 1. The monoisotopic (exact) mass is 275 g/mol. The third kappa shape index (κ3) is 3.78. The number of nitrogens with zero attached hydrogens (tertiary/aromatic N) is 2. The molecule has 0 saturated carbocycles. The van der Waals surface area contributed by atoms with Gasteiger partial charge in [0.05, 0.1) is 5.69 Å². The molecule has 0 aliphatic rings. The second-order valence-corrected chi connectivity index (χ2v) is 5.31. The molecule has 0 spiro atoms. The van der Waals surface area contributed by atoms with Gasteiger partial charge in [0.15, 0.2) is 5.13 Å². The van der Waals surface area contributed by atoms with E-state index in [9.17, 15) is 0 Å². The first-order chi connectivity index (χ1) is 9.35. The number of benzene rings is 1. The van der Waals surface area contributed by atoms with E-state index >= 15 is 0 Å². The van der Waals surface area contributed by atoms with Crippen molar-refractivity contribution in [2.45, 2.75) is 13.3 Å². The van der Waals surface area contributed by atoms with E-state index < -0.39 is 0 Å². The van der Waals surface area contributed by atoms with E-state index in [-0.39, 0.29) is 0 Å². The Hall–Kier alpha value is -1.39. The van der Waals surface area contributed by atoms with E-state index in [0.29, 0.717) is 0 Å². The molecular formula is C15H21N3S. The minimum atomic E-state index is 0.986. The first kappa shape index (κ1) is 14.0. The van der Waals surface area contributed by atoms with Gasteiger partial charge in [-0.05, 0) is 13.5 Å². The van der Waals surface area contributed by atoms with Gasteiger partial charge in [0.25, 0.3) is 0 Å². The fourth-order valence-electron chi connectivity index (χ4n) is 1.97. The first-order valence-corrected chi connectivity index (χ1v) is 7.63. The van der Waals surface area contributed by atoms with Crippen LogP contribution in [0.1, 0.15) is 13.3 Å². The van der Waals surface area contributed by atoms with E-state index in [4.69, 9.17) is 4.98 Å². The maximum atomic E-state index is 4.77. The van der Waals surface area contributed by atoms with E-state index in [1.54, 1.807) is 11.3 Å². The molecule has 0 atom stereocenters. The summed E-state index contributed by atoms with van der Waals surface area (Å²) in [7, 11) is 1.99. The second-order valence-electron chi connectivity index (χ2n) is 4.47. The van der Waals surface area contributed by atoms with Crippen molar-refractivity contribution in [2.75, 3.05) is 31.6 Å². The number of nitrogens with one attached hydrogen (secondary N) is 1. The van der Waals surface area contributed by atoms with Gasteiger partial charge in [-0.15, -0.1) is 11.3 Å². The summed E-state index contributed by atoms with van der Waals surface area (Å²) in [5.41, 5.74) is 2.27. The van der Waals surface area contributed by atoms with Crippen molar-refractivity contribution in [1.29, 1.82) is 0 Å². The summed E-state index contributed by atoms with van der Waals surface area (Å²) in [4.78, 5) is 7.12. The van der Waals surface area contributed by atoms with Crippen molar-refractivity contribution in [3.05, 3.63) is 35.7 Å². The maximum absolute atomic E-state index is 4.77. The van der Waals surface area contributed by atoms with Crippen LogP contribution in [0.3, 0.4) is 0 Å². The Kier molecular flexibility index (Phi) is 5.36. The van der Waals surface area contributed by atoms with Crippen LogP contribution < -0.4 is 10.2 Å². The van der Waals surface area contributed by atoms with Crippen LogP contribution in [0.4, 0.5) is 5.13 Å². The number of likely N-dealkylation sites (N-methyl/N-ethyl adjacent to an activating group) is 1. The summed E-state index contributed by atoms with van der Waals surface area (Å²) in [6.45, 7) is 5.26. The molecule has 2 rings (SSSR count). The predicted octanol–water partition coefficient (Wildman–Crippen LogP) is 3.25. The van der Waals surface area contributed by atoms with Crippen molar-refractivity contribution in [3.63, 3.8) is 0 Å². The fourth-order valence-corrected chi connectivity index (χ4v) is 2.86. The van der Waals surface area contributed by atoms with Crippen molar-refractivity contribution in [2.24, 2.45) is 0 Å². The maximum Gasteiger partial charge on any atom is 0.185 e. The SMILES string of the molecule is CCCN(CCNC)c1nc(-c2ccccc2)cs1. The molecule has 1 heterocycles. The highest BCUT2D eigenvalue weighted by atomic mass is 32.1. The molecule has 0 unspecified atom stereocenters. The van der Waals surface area contributed by atoms with Crippen LogP contribution in [0, 0.1) is 0 Å². The van der Waals surface area contributed by atoms with Crippen molar-refractivity contribution >= 4 is 16.5 Å². The lowest BCUT2D eigenvalue weighted by molar-refractivity contribution is 0.708. The highest BCUT2D eigenvalue weighted by Crippen LogP contribution is 2.27. The number of aromatic nitrogens is 1. The highest BCUT2D eigenvalue weighted by molar-refractivity contribution is 7.14. The zero-order valence-corrected chi connectivity index (χ0v) is 12.4. The van der Waals surface area contributed by atoms with Gasteiger partial charge in [-0.1, -0.05) is 37.3 Å². The van der Waals surface area contributed by atoms with Gasteiger partial charge in [-0.25, -0.2) is 4.98 Å². The van der Waals surface area contributed by atoms with Gasteiger partial charge < -0.3 is 10.2 Å². The molecule has 0 amide bonds. The highest BCUT2D eigenvalue weighted by Gasteiger charge is 2.10. The Balaban J connectivity index is 2.14. The lowest BCUT2D eigenvalue weighted by Gasteiger charge is -2.20. The van der Waals surface area contributed by atoms with E-state index in [1.807, 2.05) is 13.1 Å². The van der Waals surface area contributed by atoms with Gasteiger partial charge in [0, 0.05) is 30.6 Å². The second kappa shape index (κ2) is 7.26. The van der Waals surface area contributed by atoms with Crippen LogP contribution in [0.15, 0.2) is 35.7 Å². The molecule has 0 aliphatic heterocycles. The molecule has 3 nitrogen and oxygen atoms in total. The van der Waals surface area contributed by atoms with Crippen molar-refractivity contribution < 1.29 is 0 Å². The van der Waals surface area contributed by atoms with Crippen LogP contribution in [-0.4, -0.2) is 31.7 Å². The quantitative estimate of drug-likeness (QED) is 0.841. The summed E-state index contributed by atoms with van der Waals surface area (Å²) in [6, 6.07) is 10.4. The van der Waals surface area contributed by atoms with Crippen LogP contribution in [0.25, 0.3) is 11.3 Å². The normalized spacial score (nSPS) is 10.6. The van der Waals surface area contributed by atoms with Crippen LogP contribution in [-0.2, 0) is 0 Å². The fraction of sp³-hybridized carbons (Fsp3) is 0.400. The molecule has 1 aromatic heterocycles. The molecule has 0 fully saturated rings. The Morgan fingerprint density at radius 3 is 2.68 bits per heavy atom. The molecule has 2 aromatic rings. The smallest absolute Gasteiger partial charge is 0.185 e. The molecule has 0 radical (unpaired) electrons. The molecule has 0 aliphatic carbocycles. The number of hydrogen-bond acceptors (Lipinski definition) is 4. The number of thiazole rings is 1. The summed E-state index contributed by atoms with van der Waals surface area (Å²) in [6.07, 6.45) is 1.14. The molecule has 0 bridgehead atoms. The molecule has 0 saturated heterocycles. The summed E-state index contributed by atoms with van der Waals surface area (Å²) < 4.78 is 0. The van der Waals surface area contributed by atoms with Gasteiger partial charge in [-0.2, -0.15) is 0 Å². The Morgan fingerprint density at radius 2 is 2.00 bits per heavy atom. The Labute approximate surface area is 119 Å². The first-order valence-electron chi connectivity index (χ1n) is 6.75. The summed E-state index contributed by atoms with van der Waals surface area (Å²) in [5, 5.41) is 6.47. The third-order valence-corrected chi connectivity index (χ3v) is 3.86. The number of rotatable bonds is 7. The van der Waals surface area contributed by atoms with Crippen molar-refractivity contribution in [3.8, 4) is 11.3 Å². The van der Waals surface area contributed by atoms with Gasteiger partial charge in [0.1, 0.15) is 0 Å². The average Bonchev–Trinajstić information content (AvgIpc) is 2.94. The van der Waals surface area contributed by atoms with Gasteiger partial charge in [0.2, 0.25) is 0 Å².